The zero-order valence-corrected chi connectivity index (χ0v) is 15.0. The van der Waals surface area contributed by atoms with E-state index in [9.17, 15) is 4.79 Å². The van der Waals surface area contributed by atoms with E-state index >= 15 is 0 Å². The van der Waals surface area contributed by atoms with E-state index in [-0.39, 0.29) is 12.5 Å². The number of carbonyl (C=O) groups excluding carboxylic acids is 1. The Morgan fingerprint density at radius 3 is 2.69 bits per heavy atom. The summed E-state index contributed by atoms with van der Waals surface area (Å²) in [5, 5.41) is 0. The lowest BCUT2D eigenvalue weighted by Gasteiger charge is -2.30. The SMILES string of the molecule is CN(C)c1ccc2c(c1)CN(C(=O)C1COc3ccccc3O1)CCO2. The minimum Gasteiger partial charge on any atom is -0.491 e. The molecule has 0 saturated heterocycles. The Labute approximate surface area is 152 Å². The quantitative estimate of drug-likeness (QED) is 0.828. The molecule has 4 rings (SSSR count). The van der Waals surface area contributed by atoms with Gasteiger partial charge in [0.1, 0.15) is 19.0 Å². The lowest BCUT2D eigenvalue weighted by Crippen LogP contribution is -2.46. The van der Waals surface area contributed by atoms with Crippen LogP contribution in [-0.4, -0.2) is 50.8 Å². The number of hydrogen-bond acceptors (Lipinski definition) is 5. The van der Waals surface area contributed by atoms with Crippen molar-refractivity contribution in [2.24, 2.45) is 0 Å². The highest BCUT2D eigenvalue weighted by Gasteiger charge is 2.32. The molecular weight excluding hydrogens is 332 g/mol. The molecule has 2 aromatic rings. The molecule has 0 saturated carbocycles. The molecule has 0 fully saturated rings. The Morgan fingerprint density at radius 2 is 1.88 bits per heavy atom. The minimum absolute atomic E-state index is 0.0776. The number of nitrogens with zero attached hydrogens (tertiary/aromatic N) is 2. The van der Waals surface area contributed by atoms with Crippen molar-refractivity contribution in [3.8, 4) is 17.2 Å². The zero-order valence-electron chi connectivity index (χ0n) is 15.0. The van der Waals surface area contributed by atoms with E-state index < -0.39 is 6.10 Å². The number of ether oxygens (including phenoxy) is 3. The van der Waals surface area contributed by atoms with E-state index in [4.69, 9.17) is 14.2 Å². The number of para-hydroxylation sites is 2. The fourth-order valence-electron chi connectivity index (χ4n) is 3.19. The molecule has 2 aliphatic heterocycles. The molecule has 0 aromatic heterocycles. The maximum Gasteiger partial charge on any atom is 0.267 e. The summed E-state index contributed by atoms with van der Waals surface area (Å²) in [4.78, 5) is 16.8. The number of amides is 1. The number of anilines is 1. The highest BCUT2D eigenvalue weighted by Crippen LogP contribution is 2.32. The van der Waals surface area contributed by atoms with Gasteiger partial charge in [-0.15, -0.1) is 0 Å². The molecule has 26 heavy (non-hydrogen) atoms. The van der Waals surface area contributed by atoms with Crippen molar-refractivity contribution in [2.45, 2.75) is 12.6 Å². The van der Waals surface area contributed by atoms with Gasteiger partial charge in [0.2, 0.25) is 6.10 Å². The molecule has 1 amide bonds. The predicted octanol–water partition coefficient (Wildman–Crippen LogP) is 2.31. The van der Waals surface area contributed by atoms with Gasteiger partial charge >= 0.3 is 0 Å². The molecule has 0 aliphatic carbocycles. The van der Waals surface area contributed by atoms with Crippen molar-refractivity contribution < 1.29 is 19.0 Å². The van der Waals surface area contributed by atoms with Gasteiger partial charge in [0, 0.05) is 31.9 Å². The van der Waals surface area contributed by atoms with Crippen LogP contribution in [0.5, 0.6) is 17.2 Å². The molecule has 0 spiro atoms. The van der Waals surface area contributed by atoms with Crippen LogP contribution < -0.4 is 19.1 Å². The van der Waals surface area contributed by atoms with Crippen LogP contribution in [0.2, 0.25) is 0 Å². The van der Waals surface area contributed by atoms with Crippen molar-refractivity contribution in [1.82, 2.24) is 4.90 Å². The van der Waals surface area contributed by atoms with E-state index in [0.29, 0.717) is 31.2 Å². The number of rotatable bonds is 2. The smallest absolute Gasteiger partial charge is 0.267 e. The third-order valence-electron chi connectivity index (χ3n) is 4.64. The van der Waals surface area contributed by atoms with Crippen molar-refractivity contribution >= 4 is 11.6 Å². The molecular formula is C20H22N2O4. The van der Waals surface area contributed by atoms with E-state index in [1.165, 1.54) is 0 Å². The highest BCUT2D eigenvalue weighted by molar-refractivity contribution is 5.82. The molecule has 1 unspecified atom stereocenters. The largest absolute Gasteiger partial charge is 0.491 e. The number of carbonyl (C=O) groups is 1. The van der Waals surface area contributed by atoms with Crippen molar-refractivity contribution in [1.29, 1.82) is 0 Å². The van der Waals surface area contributed by atoms with Gasteiger partial charge in [0.05, 0.1) is 6.54 Å². The van der Waals surface area contributed by atoms with Gasteiger partial charge in [-0.3, -0.25) is 4.79 Å². The number of hydrogen-bond donors (Lipinski definition) is 0. The van der Waals surface area contributed by atoms with Crippen LogP contribution in [0.15, 0.2) is 42.5 Å². The fraction of sp³-hybridized carbons (Fsp3) is 0.350. The van der Waals surface area contributed by atoms with Gasteiger partial charge in [-0.1, -0.05) is 12.1 Å². The minimum atomic E-state index is -0.636. The average molecular weight is 354 g/mol. The summed E-state index contributed by atoms with van der Waals surface area (Å²) < 4.78 is 17.4. The second-order valence-corrected chi connectivity index (χ2v) is 6.66. The van der Waals surface area contributed by atoms with Crippen LogP contribution in [0.25, 0.3) is 0 Å². The Morgan fingerprint density at radius 1 is 1.08 bits per heavy atom. The first-order chi connectivity index (χ1) is 12.6. The molecule has 2 heterocycles. The Bertz CT molecular complexity index is 821. The summed E-state index contributed by atoms with van der Waals surface area (Å²) in [6.45, 7) is 1.70. The Kier molecular flexibility index (Phi) is 4.32. The van der Waals surface area contributed by atoms with E-state index in [1.54, 1.807) is 4.90 Å². The zero-order chi connectivity index (χ0) is 18.1. The fourth-order valence-corrected chi connectivity index (χ4v) is 3.19. The average Bonchev–Trinajstić information content (AvgIpc) is 2.88. The second-order valence-electron chi connectivity index (χ2n) is 6.66. The van der Waals surface area contributed by atoms with Crippen molar-refractivity contribution in [3.63, 3.8) is 0 Å². The molecule has 0 bridgehead atoms. The molecule has 136 valence electrons. The van der Waals surface area contributed by atoms with Crippen molar-refractivity contribution in [2.75, 3.05) is 38.8 Å². The first-order valence-electron chi connectivity index (χ1n) is 8.72. The maximum absolute atomic E-state index is 13.0. The van der Waals surface area contributed by atoms with E-state index in [1.807, 2.05) is 55.4 Å². The van der Waals surface area contributed by atoms with Crippen LogP contribution in [0, 0.1) is 0 Å². The van der Waals surface area contributed by atoms with Crippen LogP contribution in [0.1, 0.15) is 5.56 Å². The van der Waals surface area contributed by atoms with E-state index in [2.05, 4.69) is 6.07 Å². The molecule has 0 radical (unpaired) electrons. The molecule has 1 atom stereocenters. The van der Waals surface area contributed by atoms with Gasteiger partial charge in [-0.05, 0) is 30.3 Å². The molecule has 0 N–H and O–H groups in total. The molecule has 6 nitrogen and oxygen atoms in total. The Balaban J connectivity index is 1.53. The van der Waals surface area contributed by atoms with Gasteiger partial charge in [0.15, 0.2) is 11.5 Å². The van der Waals surface area contributed by atoms with Gasteiger partial charge in [-0.25, -0.2) is 0 Å². The Hall–Kier alpha value is -2.89. The van der Waals surface area contributed by atoms with Crippen LogP contribution >= 0.6 is 0 Å². The summed E-state index contributed by atoms with van der Waals surface area (Å²) >= 11 is 0. The van der Waals surface area contributed by atoms with E-state index in [0.717, 1.165) is 17.0 Å². The normalized spacial score (nSPS) is 18.4. The van der Waals surface area contributed by atoms with Crippen LogP contribution in [0.4, 0.5) is 5.69 Å². The van der Waals surface area contributed by atoms with Crippen LogP contribution in [-0.2, 0) is 11.3 Å². The van der Waals surface area contributed by atoms with Crippen LogP contribution in [0.3, 0.4) is 0 Å². The maximum atomic E-state index is 13.0. The lowest BCUT2D eigenvalue weighted by molar-refractivity contribution is -0.142. The molecule has 2 aromatic carbocycles. The predicted molar refractivity (Wildman–Crippen MR) is 98.0 cm³/mol. The van der Waals surface area contributed by atoms with Crippen molar-refractivity contribution in [3.05, 3.63) is 48.0 Å². The monoisotopic (exact) mass is 354 g/mol. The first kappa shape index (κ1) is 16.6. The topological polar surface area (TPSA) is 51.2 Å². The third kappa shape index (κ3) is 3.14. The summed E-state index contributed by atoms with van der Waals surface area (Å²) in [6.07, 6.45) is -0.636. The molecule has 6 heteroatoms. The summed E-state index contributed by atoms with van der Waals surface area (Å²) in [5.41, 5.74) is 2.08. The van der Waals surface area contributed by atoms with Gasteiger partial charge in [0.25, 0.3) is 5.91 Å². The molecule has 2 aliphatic rings. The summed E-state index contributed by atoms with van der Waals surface area (Å²) in [6, 6.07) is 13.5. The highest BCUT2D eigenvalue weighted by atomic mass is 16.6. The standard InChI is InChI=1S/C20H22N2O4/c1-21(2)15-7-8-16-14(11-15)12-22(9-10-24-16)20(23)19-13-25-17-5-3-4-6-18(17)26-19/h3-8,11,19H,9-10,12-13H2,1-2H3. The summed E-state index contributed by atoms with van der Waals surface area (Å²) in [5.74, 6) is 2.04. The first-order valence-corrected chi connectivity index (χ1v) is 8.72. The van der Waals surface area contributed by atoms with Gasteiger partial charge < -0.3 is 24.0 Å². The second kappa shape index (κ2) is 6.78. The number of fused-ring (bicyclic) bond motifs is 2. The number of benzene rings is 2. The summed E-state index contributed by atoms with van der Waals surface area (Å²) in [7, 11) is 3.99. The third-order valence-corrected chi connectivity index (χ3v) is 4.64. The van der Waals surface area contributed by atoms with Gasteiger partial charge in [-0.2, -0.15) is 0 Å². The lowest BCUT2D eigenvalue weighted by atomic mass is 10.1.